The maximum Gasteiger partial charge on any atom is 0.272 e. The average molecular weight is 452 g/mol. The second kappa shape index (κ2) is 9.44. The van der Waals surface area contributed by atoms with Crippen LogP contribution in [-0.4, -0.2) is 33.7 Å². The highest BCUT2D eigenvalue weighted by Crippen LogP contribution is 2.29. The minimum Gasteiger partial charge on any atom is -0.395 e. The molecule has 3 amide bonds. The second-order valence-electron chi connectivity index (χ2n) is 7.83. The van der Waals surface area contributed by atoms with Crippen molar-refractivity contribution in [1.29, 1.82) is 0 Å². The van der Waals surface area contributed by atoms with Crippen molar-refractivity contribution in [3.63, 3.8) is 0 Å². The average Bonchev–Trinajstić information content (AvgIpc) is 3.02. The number of nitrogens with zero attached hydrogens (tertiary/aromatic N) is 2. The summed E-state index contributed by atoms with van der Waals surface area (Å²) in [6.07, 6.45) is 1.07. The number of nitrogens with two attached hydrogens (primary N) is 2. The predicted octanol–water partition coefficient (Wildman–Crippen LogP) is 3.21. The van der Waals surface area contributed by atoms with Gasteiger partial charge in [-0.05, 0) is 63.0 Å². The van der Waals surface area contributed by atoms with E-state index in [1.807, 2.05) is 27.7 Å². The molecule has 1 aromatic heterocycles. The number of carbonyl (C=O) groups excluding carboxylic acids is 3. The third kappa shape index (κ3) is 5.48. The van der Waals surface area contributed by atoms with Crippen LogP contribution in [0, 0.1) is 0 Å². The molecule has 2 rings (SSSR count). The topological polar surface area (TPSA) is 131 Å². The van der Waals surface area contributed by atoms with Crippen LogP contribution in [0.25, 0.3) is 0 Å². The highest BCUT2D eigenvalue weighted by Gasteiger charge is 2.35. The summed E-state index contributed by atoms with van der Waals surface area (Å²) in [5.74, 6) is -1.66. The molecular formula is C20H26ClN5O3S. The predicted molar refractivity (Wildman–Crippen MR) is 120 cm³/mol. The number of hydrogen-bond acceptors (Lipinski definition) is 6. The summed E-state index contributed by atoms with van der Waals surface area (Å²) in [4.78, 5) is 39.6. The summed E-state index contributed by atoms with van der Waals surface area (Å²) in [7, 11) is 0. The Bertz CT molecular complexity index is 937. The van der Waals surface area contributed by atoms with E-state index in [0.29, 0.717) is 23.6 Å². The molecule has 1 heterocycles. The Morgan fingerprint density at radius 3 is 2.30 bits per heavy atom. The van der Waals surface area contributed by atoms with Gasteiger partial charge in [0.05, 0.1) is 5.69 Å². The molecule has 0 aliphatic rings. The lowest BCUT2D eigenvalue weighted by molar-refractivity contribution is -0.123. The number of primary amides is 1. The van der Waals surface area contributed by atoms with Crippen LogP contribution in [0.3, 0.4) is 0 Å². The van der Waals surface area contributed by atoms with Gasteiger partial charge in [0.15, 0.2) is 5.69 Å². The first-order valence-corrected chi connectivity index (χ1v) is 10.6. The number of rotatable bonds is 7. The van der Waals surface area contributed by atoms with E-state index in [9.17, 15) is 14.4 Å². The first-order valence-electron chi connectivity index (χ1n) is 9.42. The van der Waals surface area contributed by atoms with E-state index in [0.717, 1.165) is 11.5 Å². The summed E-state index contributed by atoms with van der Waals surface area (Å²) in [6.45, 7) is 7.52. The lowest BCUT2D eigenvalue weighted by atomic mass is 10.0. The third-order valence-electron chi connectivity index (χ3n) is 4.15. The smallest absolute Gasteiger partial charge is 0.272 e. The summed E-state index contributed by atoms with van der Waals surface area (Å²) >= 11 is 6.78. The maximum atomic E-state index is 13.5. The minimum absolute atomic E-state index is 0.0448. The van der Waals surface area contributed by atoms with Gasteiger partial charge in [0.2, 0.25) is 5.91 Å². The highest BCUT2D eigenvalue weighted by molar-refractivity contribution is 7.09. The Morgan fingerprint density at radius 1 is 1.23 bits per heavy atom. The maximum absolute atomic E-state index is 13.5. The number of anilines is 2. The summed E-state index contributed by atoms with van der Waals surface area (Å²) < 4.78 is 3.91. The van der Waals surface area contributed by atoms with Crippen molar-refractivity contribution in [2.45, 2.75) is 52.1 Å². The van der Waals surface area contributed by atoms with Gasteiger partial charge in [-0.25, -0.2) is 0 Å². The minimum atomic E-state index is -0.823. The zero-order chi connectivity index (χ0) is 22.6. The first-order chi connectivity index (χ1) is 14.0. The molecular weight excluding hydrogens is 426 g/mol. The van der Waals surface area contributed by atoms with Gasteiger partial charge < -0.3 is 16.8 Å². The molecule has 1 unspecified atom stereocenters. The standard InChI is InChI=1S/C20H26ClN5O3S/c1-5-6-13(18(28)24-20(2,3)4)26(12-9-7-11(21)8-10-12)19(29)16-14(22)15(17(23)27)25-30-16/h7-10,13H,5-6,22H2,1-4H3,(H2,23,27)(H,24,28). The van der Waals surface area contributed by atoms with E-state index in [-0.39, 0.29) is 22.2 Å². The van der Waals surface area contributed by atoms with Crippen LogP contribution in [-0.2, 0) is 4.79 Å². The van der Waals surface area contributed by atoms with Gasteiger partial charge in [-0.2, -0.15) is 4.37 Å². The van der Waals surface area contributed by atoms with Crippen LogP contribution in [0.5, 0.6) is 0 Å². The van der Waals surface area contributed by atoms with E-state index < -0.39 is 23.4 Å². The largest absolute Gasteiger partial charge is 0.395 e. The van der Waals surface area contributed by atoms with Gasteiger partial charge in [-0.15, -0.1) is 0 Å². The van der Waals surface area contributed by atoms with Crippen molar-refractivity contribution in [2.24, 2.45) is 5.73 Å². The Balaban J connectivity index is 2.58. The Labute approximate surface area is 184 Å². The molecule has 0 fully saturated rings. The lowest BCUT2D eigenvalue weighted by Crippen LogP contribution is -2.54. The van der Waals surface area contributed by atoms with Gasteiger partial charge in [-0.3, -0.25) is 19.3 Å². The molecule has 0 spiro atoms. The molecule has 162 valence electrons. The number of aromatic nitrogens is 1. The monoisotopic (exact) mass is 451 g/mol. The summed E-state index contributed by atoms with van der Waals surface area (Å²) in [5.41, 5.74) is 11.0. The zero-order valence-corrected chi connectivity index (χ0v) is 18.9. The van der Waals surface area contributed by atoms with Crippen LogP contribution in [0.1, 0.15) is 60.7 Å². The fourth-order valence-electron chi connectivity index (χ4n) is 2.88. The number of halogens is 1. The molecule has 30 heavy (non-hydrogen) atoms. The number of benzene rings is 1. The number of hydrogen-bond donors (Lipinski definition) is 3. The number of nitrogen functional groups attached to an aromatic ring is 1. The van der Waals surface area contributed by atoms with Crippen molar-refractivity contribution in [3.8, 4) is 0 Å². The van der Waals surface area contributed by atoms with Crippen LogP contribution >= 0.6 is 23.1 Å². The number of amides is 3. The molecule has 0 radical (unpaired) electrons. The van der Waals surface area contributed by atoms with E-state index in [2.05, 4.69) is 9.69 Å². The summed E-state index contributed by atoms with van der Waals surface area (Å²) in [6, 6.07) is 5.76. The number of nitrogens with one attached hydrogen (secondary N) is 1. The third-order valence-corrected chi connectivity index (χ3v) is 5.26. The zero-order valence-electron chi connectivity index (χ0n) is 17.4. The van der Waals surface area contributed by atoms with Crippen molar-refractivity contribution in [2.75, 3.05) is 10.6 Å². The van der Waals surface area contributed by atoms with Crippen molar-refractivity contribution in [1.82, 2.24) is 9.69 Å². The van der Waals surface area contributed by atoms with E-state index in [4.69, 9.17) is 23.1 Å². The molecule has 0 aliphatic carbocycles. The molecule has 5 N–H and O–H groups in total. The van der Waals surface area contributed by atoms with E-state index >= 15 is 0 Å². The van der Waals surface area contributed by atoms with E-state index in [1.165, 1.54) is 4.90 Å². The van der Waals surface area contributed by atoms with Crippen LogP contribution in [0.15, 0.2) is 24.3 Å². The second-order valence-corrected chi connectivity index (χ2v) is 9.04. The molecule has 1 atom stereocenters. The van der Waals surface area contributed by atoms with Crippen LogP contribution in [0.4, 0.5) is 11.4 Å². The lowest BCUT2D eigenvalue weighted by Gasteiger charge is -2.33. The molecule has 0 bridgehead atoms. The molecule has 0 saturated carbocycles. The molecule has 1 aromatic carbocycles. The van der Waals surface area contributed by atoms with Crippen LogP contribution < -0.4 is 21.7 Å². The first kappa shape index (κ1) is 23.6. The van der Waals surface area contributed by atoms with Gasteiger partial charge in [0, 0.05) is 16.2 Å². The van der Waals surface area contributed by atoms with Gasteiger partial charge in [0.1, 0.15) is 10.9 Å². The number of carbonyl (C=O) groups is 3. The van der Waals surface area contributed by atoms with E-state index in [1.54, 1.807) is 24.3 Å². The molecule has 2 aromatic rings. The molecule has 10 heteroatoms. The SMILES string of the molecule is CCCC(C(=O)NC(C)(C)C)N(C(=O)c1snc(C(N)=O)c1N)c1ccc(Cl)cc1. The van der Waals surface area contributed by atoms with Crippen molar-refractivity contribution < 1.29 is 14.4 Å². The molecule has 8 nitrogen and oxygen atoms in total. The van der Waals surface area contributed by atoms with Gasteiger partial charge in [0.25, 0.3) is 11.8 Å². The fourth-order valence-corrected chi connectivity index (χ4v) is 3.75. The van der Waals surface area contributed by atoms with Gasteiger partial charge >= 0.3 is 0 Å². The normalized spacial score (nSPS) is 12.3. The Kier molecular flexibility index (Phi) is 7.44. The van der Waals surface area contributed by atoms with Crippen molar-refractivity contribution in [3.05, 3.63) is 39.9 Å². The van der Waals surface area contributed by atoms with Crippen molar-refractivity contribution >= 4 is 52.2 Å². The van der Waals surface area contributed by atoms with Gasteiger partial charge in [-0.1, -0.05) is 24.9 Å². The summed E-state index contributed by atoms with van der Waals surface area (Å²) in [5, 5.41) is 3.42. The Morgan fingerprint density at radius 2 is 1.83 bits per heavy atom. The van der Waals surface area contributed by atoms with Crippen LogP contribution in [0.2, 0.25) is 5.02 Å². The Hall–Kier alpha value is -2.65. The quantitative estimate of drug-likeness (QED) is 0.594. The molecule has 0 saturated heterocycles. The fraction of sp³-hybridized carbons (Fsp3) is 0.400. The highest BCUT2D eigenvalue weighted by atomic mass is 35.5. The molecule has 0 aliphatic heterocycles.